The number of hydrogen-bond donors (Lipinski definition) is 1. The van der Waals surface area contributed by atoms with Crippen LogP contribution < -0.4 is 5.73 Å². The van der Waals surface area contributed by atoms with Crippen molar-refractivity contribution >= 4 is 16.5 Å². The number of nitrogens with two attached hydrogens (primary N) is 1. The Morgan fingerprint density at radius 2 is 1.72 bits per heavy atom. The van der Waals surface area contributed by atoms with Gasteiger partial charge in [-0.15, -0.1) is 0 Å². The molecule has 2 rings (SSSR count). The molecule has 1 unspecified atom stereocenters. The summed E-state index contributed by atoms with van der Waals surface area (Å²) in [5.41, 5.74) is 8.74. The van der Waals surface area contributed by atoms with E-state index >= 15 is 0 Å². The first-order chi connectivity index (χ1) is 8.69. The SMILES string of the molecule is CCc1ccc(CS(=O)c2cccc(N)c2)cc1. The van der Waals surface area contributed by atoms with Gasteiger partial charge >= 0.3 is 0 Å². The van der Waals surface area contributed by atoms with Crippen molar-refractivity contribution in [1.29, 1.82) is 0 Å². The van der Waals surface area contributed by atoms with E-state index in [2.05, 4.69) is 19.1 Å². The van der Waals surface area contributed by atoms with Crippen molar-refractivity contribution in [3.63, 3.8) is 0 Å². The molecule has 94 valence electrons. The van der Waals surface area contributed by atoms with E-state index < -0.39 is 10.8 Å². The van der Waals surface area contributed by atoms with Gasteiger partial charge in [-0.1, -0.05) is 37.3 Å². The molecule has 1 atom stereocenters. The van der Waals surface area contributed by atoms with E-state index in [1.165, 1.54) is 5.56 Å². The summed E-state index contributed by atoms with van der Waals surface area (Å²) in [7, 11) is -1.03. The molecule has 0 saturated heterocycles. The van der Waals surface area contributed by atoms with Gasteiger partial charge < -0.3 is 5.73 Å². The normalized spacial score (nSPS) is 12.3. The molecule has 2 N–H and O–H groups in total. The molecular formula is C15H17NOS. The zero-order valence-corrected chi connectivity index (χ0v) is 11.2. The second-order valence-corrected chi connectivity index (χ2v) is 5.68. The number of hydrogen-bond acceptors (Lipinski definition) is 2. The molecule has 0 aliphatic heterocycles. The zero-order valence-electron chi connectivity index (χ0n) is 10.4. The molecule has 0 fully saturated rings. The summed E-state index contributed by atoms with van der Waals surface area (Å²) in [5, 5.41) is 0. The average molecular weight is 259 g/mol. The lowest BCUT2D eigenvalue weighted by molar-refractivity contribution is 0.682. The Hall–Kier alpha value is -1.61. The lowest BCUT2D eigenvalue weighted by Gasteiger charge is -2.04. The predicted octanol–water partition coefficient (Wildman–Crippen LogP) is 3.14. The van der Waals surface area contributed by atoms with E-state index in [4.69, 9.17) is 5.73 Å². The molecule has 18 heavy (non-hydrogen) atoms. The van der Waals surface area contributed by atoms with E-state index in [9.17, 15) is 4.21 Å². The highest BCUT2D eigenvalue weighted by Crippen LogP contribution is 2.15. The monoisotopic (exact) mass is 259 g/mol. The van der Waals surface area contributed by atoms with Gasteiger partial charge in [-0.2, -0.15) is 0 Å². The molecule has 2 nitrogen and oxygen atoms in total. The molecule has 0 amide bonds. The molecule has 0 bridgehead atoms. The van der Waals surface area contributed by atoms with Crippen molar-refractivity contribution in [3.05, 3.63) is 59.7 Å². The van der Waals surface area contributed by atoms with Crippen LogP contribution in [0.4, 0.5) is 5.69 Å². The third kappa shape index (κ3) is 3.20. The Kier molecular flexibility index (Phi) is 4.15. The Morgan fingerprint density at radius 3 is 2.33 bits per heavy atom. The predicted molar refractivity (Wildman–Crippen MR) is 76.8 cm³/mol. The van der Waals surface area contributed by atoms with Crippen LogP contribution in [-0.2, 0) is 23.0 Å². The van der Waals surface area contributed by atoms with Crippen LogP contribution in [0.25, 0.3) is 0 Å². The standard InChI is InChI=1S/C15H17NOS/c1-2-12-6-8-13(9-7-12)11-18(17)15-5-3-4-14(16)10-15/h3-10H,2,11,16H2,1H3. The van der Waals surface area contributed by atoms with Gasteiger partial charge in [0.15, 0.2) is 0 Å². The van der Waals surface area contributed by atoms with Crippen LogP contribution >= 0.6 is 0 Å². The van der Waals surface area contributed by atoms with E-state index in [0.29, 0.717) is 11.4 Å². The Morgan fingerprint density at radius 1 is 1.06 bits per heavy atom. The van der Waals surface area contributed by atoms with Gasteiger partial charge in [-0.25, -0.2) is 0 Å². The molecule has 0 spiro atoms. The minimum absolute atomic E-state index is 0.535. The minimum atomic E-state index is -1.03. The van der Waals surface area contributed by atoms with Crippen LogP contribution in [0.15, 0.2) is 53.4 Å². The maximum absolute atomic E-state index is 12.2. The Labute approximate surface area is 110 Å². The third-order valence-electron chi connectivity index (χ3n) is 2.85. The van der Waals surface area contributed by atoms with Gasteiger partial charge in [0.25, 0.3) is 0 Å². The maximum atomic E-state index is 12.2. The molecule has 2 aromatic carbocycles. The summed E-state index contributed by atoms with van der Waals surface area (Å²) in [6.45, 7) is 2.12. The highest BCUT2D eigenvalue weighted by Gasteiger charge is 2.05. The lowest BCUT2D eigenvalue weighted by atomic mass is 10.1. The van der Waals surface area contributed by atoms with Gasteiger partial charge in [0.05, 0.1) is 16.6 Å². The van der Waals surface area contributed by atoms with E-state index in [-0.39, 0.29) is 0 Å². The summed E-state index contributed by atoms with van der Waals surface area (Å²) < 4.78 is 12.2. The smallest absolute Gasteiger partial charge is 0.0574 e. The molecule has 0 saturated carbocycles. The van der Waals surface area contributed by atoms with Crippen LogP contribution in [0.5, 0.6) is 0 Å². The van der Waals surface area contributed by atoms with Crippen LogP contribution in [-0.4, -0.2) is 4.21 Å². The van der Waals surface area contributed by atoms with Gasteiger partial charge in [0.2, 0.25) is 0 Å². The quantitative estimate of drug-likeness (QED) is 0.857. The first-order valence-corrected chi connectivity index (χ1v) is 7.32. The zero-order chi connectivity index (χ0) is 13.0. The topological polar surface area (TPSA) is 43.1 Å². The lowest BCUT2D eigenvalue weighted by Crippen LogP contribution is -1.97. The molecule has 0 aromatic heterocycles. The molecule has 0 aliphatic carbocycles. The van der Waals surface area contributed by atoms with E-state index in [0.717, 1.165) is 16.9 Å². The first kappa shape index (κ1) is 12.8. The summed E-state index contributed by atoms with van der Waals surface area (Å²) in [6, 6.07) is 15.5. The second-order valence-electron chi connectivity index (χ2n) is 4.23. The highest BCUT2D eigenvalue weighted by molar-refractivity contribution is 7.84. The summed E-state index contributed by atoms with van der Waals surface area (Å²) >= 11 is 0. The van der Waals surface area contributed by atoms with Gasteiger partial charge in [-0.3, -0.25) is 4.21 Å². The van der Waals surface area contributed by atoms with Crippen LogP contribution in [0.2, 0.25) is 0 Å². The van der Waals surface area contributed by atoms with Crippen molar-refractivity contribution in [2.75, 3.05) is 5.73 Å². The summed E-state index contributed by atoms with van der Waals surface area (Å²) in [6.07, 6.45) is 1.03. The molecule has 2 aromatic rings. The Balaban J connectivity index is 2.11. The summed E-state index contributed by atoms with van der Waals surface area (Å²) in [5.74, 6) is 0.535. The highest BCUT2D eigenvalue weighted by atomic mass is 32.2. The van der Waals surface area contributed by atoms with Crippen LogP contribution in [0, 0.1) is 0 Å². The van der Waals surface area contributed by atoms with Crippen LogP contribution in [0.3, 0.4) is 0 Å². The number of aryl methyl sites for hydroxylation is 1. The van der Waals surface area contributed by atoms with E-state index in [1.807, 2.05) is 24.3 Å². The first-order valence-electron chi connectivity index (χ1n) is 6.01. The molecule has 3 heteroatoms. The van der Waals surface area contributed by atoms with Crippen molar-refractivity contribution in [2.24, 2.45) is 0 Å². The Bertz CT molecular complexity index is 549. The molecule has 0 heterocycles. The molecule has 0 radical (unpaired) electrons. The van der Waals surface area contributed by atoms with Crippen LogP contribution in [0.1, 0.15) is 18.1 Å². The average Bonchev–Trinajstić information content (AvgIpc) is 2.39. The number of benzene rings is 2. The fraction of sp³-hybridized carbons (Fsp3) is 0.200. The van der Waals surface area contributed by atoms with Crippen molar-refractivity contribution in [3.8, 4) is 0 Å². The number of anilines is 1. The van der Waals surface area contributed by atoms with E-state index in [1.54, 1.807) is 12.1 Å². The number of nitrogen functional groups attached to an aromatic ring is 1. The largest absolute Gasteiger partial charge is 0.399 e. The van der Waals surface area contributed by atoms with Gasteiger partial charge in [-0.05, 0) is 35.7 Å². The second kappa shape index (κ2) is 5.83. The van der Waals surface area contributed by atoms with Crippen molar-refractivity contribution in [2.45, 2.75) is 24.0 Å². The fourth-order valence-electron chi connectivity index (χ4n) is 1.76. The van der Waals surface area contributed by atoms with Crippen molar-refractivity contribution < 1.29 is 4.21 Å². The van der Waals surface area contributed by atoms with Crippen molar-refractivity contribution in [1.82, 2.24) is 0 Å². The third-order valence-corrected chi connectivity index (χ3v) is 4.23. The van der Waals surface area contributed by atoms with Gasteiger partial charge in [0.1, 0.15) is 0 Å². The fourth-order valence-corrected chi connectivity index (χ4v) is 2.92. The molecular weight excluding hydrogens is 242 g/mol. The maximum Gasteiger partial charge on any atom is 0.0574 e. The van der Waals surface area contributed by atoms with Gasteiger partial charge in [0, 0.05) is 10.6 Å². The summed E-state index contributed by atoms with van der Waals surface area (Å²) in [4.78, 5) is 0.787. The minimum Gasteiger partial charge on any atom is -0.399 e. The number of rotatable bonds is 4. The molecule has 0 aliphatic rings.